The van der Waals surface area contributed by atoms with Crippen molar-refractivity contribution in [2.24, 2.45) is 5.73 Å². The number of pyridine rings is 1. The van der Waals surface area contributed by atoms with Crippen molar-refractivity contribution >= 4 is 0 Å². The Bertz CT molecular complexity index is 489. The highest BCUT2D eigenvalue weighted by Crippen LogP contribution is 2.21. The molecule has 0 saturated heterocycles. The van der Waals surface area contributed by atoms with Crippen LogP contribution >= 0.6 is 0 Å². The minimum atomic E-state index is -0.214. The number of hydrogen-bond acceptors (Lipinski definition) is 3. The molecular formula is C13H19N3O. The molecule has 1 rings (SSSR count). The van der Waals surface area contributed by atoms with E-state index >= 15 is 0 Å². The zero-order chi connectivity index (χ0) is 13.1. The van der Waals surface area contributed by atoms with Gasteiger partial charge in [-0.25, -0.2) is 0 Å². The van der Waals surface area contributed by atoms with Gasteiger partial charge in [0.1, 0.15) is 11.6 Å². The third-order valence-electron chi connectivity index (χ3n) is 2.65. The van der Waals surface area contributed by atoms with Crippen molar-refractivity contribution in [3.63, 3.8) is 0 Å². The molecule has 4 heteroatoms. The van der Waals surface area contributed by atoms with Crippen LogP contribution < -0.4 is 11.3 Å². The molecule has 0 aromatic carbocycles. The van der Waals surface area contributed by atoms with Crippen molar-refractivity contribution in [2.45, 2.75) is 39.2 Å². The molecule has 0 saturated carbocycles. The van der Waals surface area contributed by atoms with Crippen molar-refractivity contribution < 1.29 is 0 Å². The molecule has 0 fully saturated rings. The summed E-state index contributed by atoms with van der Waals surface area (Å²) in [6.07, 6.45) is 0.734. The van der Waals surface area contributed by atoms with E-state index in [2.05, 4.69) is 0 Å². The van der Waals surface area contributed by atoms with E-state index in [1.54, 1.807) is 10.6 Å². The van der Waals surface area contributed by atoms with Gasteiger partial charge in [-0.05, 0) is 25.1 Å². The van der Waals surface area contributed by atoms with Crippen LogP contribution in [-0.4, -0.2) is 11.1 Å². The van der Waals surface area contributed by atoms with E-state index in [1.807, 2.05) is 32.9 Å². The maximum absolute atomic E-state index is 12.1. The Balaban J connectivity index is 3.38. The fourth-order valence-electron chi connectivity index (χ4n) is 1.79. The third-order valence-corrected chi connectivity index (χ3v) is 2.65. The normalized spacial score (nSPS) is 11.2. The van der Waals surface area contributed by atoms with E-state index in [1.165, 1.54) is 0 Å². The Morgan fingerprint density at radius 1 is 1.41 bits per heavy atom. The van der Waals surface area contributed by atoms with Gasteiger partial charge in [0.05, 0.1) is 0 Å². The summed E-state index contributed by atoms with van der Waals surface area (Å²) in [4.78, 5) is 12.1. The first-order valence-electron chi connectivity index (χ1n) is 5.76. The van der Waals surface area contributed by atoms with Gasteiger partial charge in [0.15, 0.2) is 0 Å². The first-order valence-corrected chi connectivity index (χ1v) is 5.76. The van der Waals surface area contributed by atoms with Gasteiger partial charge in [-0.15, -0.1) is 0 Å². The van der Waals surface area contributed by atoms with E-state index < -0.39 is 0 Å². The lowest BCUT2D eigenvalue weighted by Gasteiger charge is -2.24. The summed E-state index contributed by atoms with van der Waals surface area (Å²) in [7, 11) is 0. The van der Waals surface area contributed by atoms with Crippen LogP contribution in [-0.2, 0) is 12.0 Å². The predicted molar refractivity (Wildman–Crippen MR) is 67.8 cm³/mol. The van der Waals surface area contributed by atoms with E-state index in [9.17, 15) is 4.79 Å². The van der Waals surface area contributed by atoms with Crippen molar-refractivity contribution in [2.75, 3.05) is 6.54 Å². The highest BCUT2D eigenvalue weighted by Gasteiger charge is 2.19. The maximum Gasteiger partial charge on any atom is 0.268 e. The van der Waals surface area contributed by atoms with Gasteiger partial charge in [0.2, 0.25) is 0 Å². The third kappa shape index (κ3) is 2.95. The lowest BCUT2D eigenvalue weighted by Crippen LogP contribution is -2.31. The second-order valence-electron chi connectivity index (χ2n) is 5.09. The van der Waals surface area contributed by atoms with Crippen LogP contribution in [0, 0.1) is 11.3 Å². The molecule has 0 bridgehead atoms. The zero-order valence-electron chi connectivity index (χ0n) is 10.7. The summed E-state index contributed by atoms with van der Waals surface area (Å²) < 4.78 is 1.67. The first-order chi connectivity index (χ1) is 7.91. The van der Waals surface area contributed by atoms with Gasteiger partial charge in [0.25, 0.3) is 5.56 Å². The minimum Gasteiger partial charge on any atom is -0.330 e. The number of aromatic nitrogens is 1. The molecule has 0 atom stereocenters. The van der Waals surface area contributed by atoms with Crippen LogP contribution in [0.5, 0.6) is 0 Å². The van der Waals surface area contributed by atoms with Gasteiger partial charge in [-0.3, -0.25) is 4.79 Å². The second-order valence-corrected chi connectivity index (χ2v) is 5.09. The molecule has 0 aliphatic heterocycles. The molecule has 1 aromatic rings. The quantitative estimate of drug-likeness (QED) is 0.857. The number of rotatable bonds is 3. The zero-order valence-corrected chi connectivity index (χ0v) is 10.7. The molecular weight excluding hydrogens is 214 g/mol. The molecule has 0 amide bonds. The number of nitriles is 1. The van der Waals surface area contributed by atoms with Gasteiger partial charge in [-0.1, -0.05) is 20.8 Å². The lowest BCUT2D eigenvalue weighted by molar-refractivity contribution is 0.492. The van der Waals surface area contributed by atoms with Gasteiger partial charge in [0, 0.05) is 17.7 Å². The largest absolute Gasteiger partial charge is 0.330 e. The van der Waals surface area contributed by atoms with Crippen LogP contribution in [0.4, 0.5) is 0 Å². The average molecular weight is 233 g/mol. The number of hydrogen-bond donors (Lipinski definition) is 1. The van der Waals surface area contributed by atoms with Crippen LogP contribution in [0.1, 0.15) is 38.4 Å². The molecule has 1 aromatic heterocycles. The fourth-order valence-corrected chi connectivity index (χ4v) is 1.79. The van der Waals surface area contributed by atoms with Crippen LogP contribution in [0.25, 0.3) is 0 Å². The SMILES string of the molecule is CC(C)(C)c1ccc(C#N)c(=O)n1CCCN. The summed E-state index contributed by atoms with van der Waals surface area (Å²) in [5.41, 5.74) is 6.27. The standard InChI is InChI=1S/C13H19N3O/c1-13(2,3)11-6-5-10(9-15)12(17)16(11)8-4-7-14/h5-6H,4,7-8,14H2,1-3H3. The molecule has 17 heavy (non-hydrogen) atoms. The van der Waals surface area contributed by atoms with Crippen LogP contribution in [0.15, 0.2) is 16.9 Å². The molecule has 0 radical (unpaired) electrons. The highest BCUT2D eigenvalue weighted by atomic mass is 16.1. The molecule has 2 N–H and O–H groups in total. The first kappa shape index (κ1) is 13.5. The number of nitrogens with two attached hydrogens (primary N) is 1. The Morgan fingerprint density at radius 3 is 2.53 bits per heavy atom. The monoisotopic (exact) mass is 233 g/mol. The van der Waals surface area contributed by atoms with Crippen LogP contribution in [0.3, 0.4) is 0 Å². The Morgan fingerprint density at radius 2 is 2.06 bits per heavy atom. The smallest absolute Gasteiger partial charge is 0.268 e. The van der Waals surface area contributed by atoms with Gasteiger partial charge in [-0.2, -0.15) is 5.26 Å². The highest BCUT2D eigenvalue weighted by molar-refractivity contribution is 5.29. The average Bonchev–Trinajstić information content (AvgIpc) is 2.25. The molecule has 92 valence electrons. The van der Waals surface area contributed by atoms with E-state index in [-0.39, 0.29) is 16.5 Å². The Kier molecular flexibility index (Phi) is 4.08. The summed E-state index contributed by atoms with van der Waals surface area (Å²) >= 11 is 0. The molecule has 0 unspecified atom stereocenters. The van der Waals surface area contributed by atoms with Crippen molar-refractivity contribution in [3.05, 3.63) is 33.7 Å². The fraction of sp³-hybridized carbons (Fsp3) is 0.538. The summed E-state index contributed by atoms with van der Waals surface area (Å²) in [6.45, 7) is 7.25. The molecule has 1 heterocycles. The maximum atomic E-state index is 12.1. The lowest BCUT2D eigenvalue weighted by atomic mass is 9.90. The summed E-state index contributed by atoms with van der Waals surface area (Å²) in [5.74, 6) is 0. The van der Waals surface area contributed by atoms with Crippen molar-refractivity contribution in [1.82, 2.24) is 4.57 Å². The Hall–Kier alpha value is -1.60. The predicted octanol–water partition coefficient (Wildman–Crippen LogP) is 1.37. The van der Waals surface area contributed by atoms with Gasteiger partial charge >= 0.3 is 0 Å². The molecule has 0 aliphatic carbocycles. The summed E-state index contributed by atoms with van der Waals surface area (Å²) in [5, 5.41) is 8.87. The van der Waals surface area contributed by atoms with Crippen molar-refractivity contribution in [3.8, 4) is 6.07 Å². The topological polar surface area (TPSA) is 71.8 Å². The van der Waals surface area contributed by atoms with E-state index in [4.69, 9.17) is 11.0 Å². The molecule has 0 spiro atoms. The van der Waals surface area contributed by atoms with Crippen molar-refractivity contribution in [1.29, 1.82) is 5.26 Å². The minimum absolute atomic E-state index is 0.123. The number of nitrogens with zero attached hydrogens (tertiary/aromatic N) is 2. The van der Waals surface area contributed by atoms with Gasteiger partial charge < -0.3 is 10.3 Å². The Labute approximate surface area is 102 Å². The van der Waals surface area contributed by atoms with E-state index in [0.717, 1.165) is 12.1 Å². The summed E-state index contributed by atoms with van der Waals surface area (Å²) in [6, 6.07) is 5.38. The molecule has 4 nitrogen and oxygen atoms in total. The van der Waals surface area contributed by atoms with E-state index in [0.29, 0.717) is 13.1 Å². The second kappa shape index (κ2) is 5.15. The van der Waals surface area contributed by atoms with Crippen LogP contribution in [0.2, 0.25) is 0 Å². The molecule has 0 aliphatic rings.